The summed E-state index contributed by atoms with van der Waals surface area (Å²) in [4.78, 5) is 0. The zero-order valence-electron chi connectivity index (χ0n) is 13.8. The van der Waals surface area contributed by atoms with E-state index < -0.39 is 10.3 Å². The van der Waals surface area contributed by atoms with E-state index in [2.05, 4.69) is 10.5 Å². The highest BCUT2D eigenvalue weighted by molar-refractivity contribution is 7.86. The molecule has 4 aliphatic rings. The standard InChI is InChI=1S/C19H23NO3S/c21-24(22)20-11-14-9-18-13(10-19(14)23-24)6-8-16-15-4-2-1-3-12(15)5-7-17(16)18/h9-12,15-17H,1-8H2. The van der Waals surface area contributed by atoms with Crippen LogP contribution >= 0.6 is 0 Å². The molecule has 0 aromatic heterocycles. The van der Waals surface area contributed by atoms with Crippen molar-refractivity contribution in [2.45, 2.75) is 57.3 Å². The van der Waals surface area contributed by atoms with Gasteiger partial charge in [0, 0.05) is 5.56 Å². The van der Waals surface area contributed by atoms with Crippen LogP contribution in [-0.4, -0.2) is 14.6 Å². The zero-order valence-corrected chi connectivity index (χ0v) is 14.6. The molecule has 0 spiro atoms. The lowest BCUT2D eigenvalue weighted by Crippen LogP contribution is -2.38. The van der Waals surface area contributed by atoms with Crippen molar-refractivity contribution in [2.24, 2.45) is 22.2 Å². The highest BCUT2D eigenvalue weighted by Crippen LogP contribution is 2.54. The maximum absolute atomic E-state index is 11.5. The second kappa shape index (κ2) is 5.32. The van der Waals surface area contributed by atoms with Gasteiger partial charge in [-0.25, -0.2) is 0 Å². The molecule has 4 unspecified atom stereocenters. The van der Waals surface area contributed by atoms with Crippen LogP contribution < -0.4 is 4.18 Å². The molecule has 3 aliphatic carbocycles. The summed E-state index contributed by atoms with van der Waals surface area (Å²) in [7, 11) is -3.79. The van der Waals surface area contributed by atoms with Crippen molar-refractivity contribution in [1.29, 1.82) is 0 Å². The van der Waals surface area contributed by atoms with E-state index in [-0.39, 0.29) is 0 Å². The van der Waals surface area contributed by atoms with Gasteiger partial charge in [0.25, 0.3) is 0 Å². The van der Waals surface area contributed by atoms with Gasteiger partial charge in [-0.3, -0.25) is 0 Å². The summed E-state index contributed by atoms with van der Waals surface area (Å²) >= 11 is 0. The van der Waals surface area contributed by atoms with E-state index in [1.165, 1.54) is 62.3 Å². The van der Waals surface area contributed by atoms with Gasteiger partial charge < -0.3 is 4.18 Å². The number of hydrogen-bond acceptors (Lipinski definition) is 3. The zero-order chi connectivity index (χ0) is 16.3. The third-order valence-electron chi connectivity index (χ3n) is 6.82. The molecule has 4 atom stereocenters. The summed E-state index contributed by atoms with van der Waals surface area (Å²) in [5.74, 6) is 3.78. The fourth-order valence-electron chi connectivity index (χ4n) is 5.84. The molecule has 1 aromatic carbocycles. The Bertz CT molecular complexity index is 814. The Morgan fingerprint density at radius 1 is 1.00 bits per heavy atom. The SMILES string of the molecule is O=S1(=O)N=Cc2cc3c(cc2O1)CCC1C3CCC2CCCCC21. The Labute approximate surface area is 143 Å². The first-order chi connectivity index (χ1) is 11.6. The largest absolute Gasteiger partial charge is 0.428 e. The second-order valence-electron chi connectivity index (χ2n) is 7.93. The Kier molecular flexibility index (Phi) is 3.31. The summed E-state index contributed by atoms with van der Waals surface area (Å²) in [6.45, 7) is 0. The van der Waals surface area contributed by atoms with Gasteiger partial charge >= 0.3 is 10.3 Å². The molecule has 0 N–H and O–H groups in total. The van der Waals surface area contributed by atoms with E-state index in [4.69, 9.17) is 4.18 Å². The van der Waals surface area contributed by atoms with Crippen LogP contribution in [0.4, 0.5) is 0 Å². The monoisotopic (exact) mass is 345 g/mol. The molecule has 2 saturated carbocycles. The average Bonchev–Trinajstić information content (AvgIpc) is 2.59. The lowest BCUT2D eigenvalue weighted by molar-refractivity contribution is 0.0736. The molecule has 5 rings (SSSR count). The predicted octanol–water partition coefficient (Wildman–Crippen LogP) is 3.99. The van der Waals surface area contributed by atoms with Crippen LogP contribution in [0.25, 0.3) is 0 Å². The second-order valence-corrected chi connectivity index (χ2v) is 9.16. The Balaban J connectivity index is 1.53. The van der Waals surface area contributed by atoms with Gasteiger partial charge in [0.2, 0.25) is 0 Å². The van der Waals surface area contributed by atoms with Crippen molar-refractivity contribution in [3.63, 3.8) is 0 Å². The van der Waals surface area contributed by atoms with Crippen LogP contribution in [0.2, 0.25) is 0 Å². The maximum Gasteiger partial charge on any atom is 0.428 e. The van der Waals surface area contributed by atoms with E-state index >= 15 is 0 Å². The number of fused-ring (bicyclic) bond motifs is 6. The van der Waals surface area contributed by atoms with Crippen LogP contribution in [-0.2, 0) is 16.7 Å². The van der Waals surface area contributed by atoms with Gasteiger partial charge in [-0.1, -0.05) is 19.3 Å². The molecule has 0 radical (unpaired) electrons. The van der Waals surface area contributed by atoms with Crippen LogP contribution in [0.15, 0.2) is 16.5 Å². The Morgan fingerprint density at radius 2 is 1.88 bits per heavy atom. The van der Waals surface area contributed by atoms with Gasteiger partial charge in [0.1, 0.15) is 0 Å². The van der Waals surface area contributed by atoms with Crippen molar-refractivity contribution in [3.8, 4) is 5.75 Å². The lowest BCUT2D eigenvalue weighted by Gasteiger charge is -2.48. The topological polar surface area (TPSA) is 55.7 Å². The minimum absolute atomic E-state index is 0.452. The van der Waals surface area contributed by atoms with Gasteiger partial charge in [0.15, 0.2) is 5.75 Å². The van der Waals surface area contributed by atoms with E-state index in [1.54, 1.807) is 0 Å². The van der Waals surface area contributed by atoms with Crippen LogP contribution in [0, 0.1) is 17.8 Å². The first-order valence-electron chi connectivity index (χ1n) is 9.27. The molecule has 1 aromatic rings. The molecule has 4 nitrogen and oxygen atoms in total. The first-order valence-corrected chi connectivity index (χ1v) is 10.6. The van der Waals surface area contributed by atoms with E-state index in [0.717, 1.165) is 29.7 Å². The fourth-order valence-corrected chi connectivity index (χ4v) is 6.49. The Morgan fingerprint density at radius 3 is 2.79 bits per heavy atom. The molecule has 0 amide bonds. The third-order valence-corrected chi connectivity index (χ3v) is 7.57. The Hall–Kier alpha value is -1.36. The minimum atomic E-state index is -3.79. The molecule has 5 heteroatoms. The number of benzene rings is 1. The number of rotatable bonds is 0. The van der Waals surface area contributed by atoms with Crippen molar-refractivity contribution < 1.29 is 12.6 Å². The summed E-state index contributed by atoms with van der Waals surface area (Å²) < 4.78 is 31.7. The smallest absolute Gasteiger partial charge is 0.365 e. The van der Waals surface area contributed by atoms with Crippen molar-refractivity contribution >= 4 is 16.5 Å². The molecule has 128 valence electrons. The minimum Gasteiger partial charge on any atom is -0.365 e. The third kappa shape index (κ3) is 2.32. The van der Waals surface area contributed by atoms with Gasteiger partial charge in [-0.2, -0.15) is 8.42 Å². The van der Waals surface area contributed by atoms with Gasteiger partial charge in [0.05, 0.1) is 6.21 Å². The van der Waals surface area contributed by atoms with Crippen molar-refractivity contribution in [2.75, 3.05) is 0 Å². The summed E-state index contributed by atoms with van der Waals surface area (Å²) in [6, 6.07) is 4.11. The van der Waals surface area contributed by atoms with E-state index in [1.807, 2.05) is 6.07 Å². The summed E-state index contributed by atoms with van der Waals surface area (Å²) in [6.07, 6.45) is 12.1. The summed E-state index contributed by atoms with van der Waals surface area (Å²) in [5.41, 5.74) is 3.54. The number of nitrogens with zero attached hydrogens (tertiary/aromatic N) is 1. The molecular formula is C19H23NO3S. The predicted molar refractivity (Wildman–Crippen MR) is 92.8 cm³/mol. The van der Waals surface area contributed by atoms with Crippen LogP contribution in [0.3, 0.4) is 0 Å². The molecule has 0 bridgehead atoms. The van der Waals surface area contributed by atoms with Crippen molar-refractivity contribution in [1.82, 2.24) is 0 Å². The number of hydrogen-bond donors (Lipinski definition) is 0. The quantitative estimate of drug-likeness (QED) is 0.714. The normalized spacial score (nSPS) is 35.8. The lowest BCUT2D eigenvalue weighted by atomic mass is 9.56. The molecule has 0 saturated heterocycles. The summed E-state index contributed by atoms with van der Waals surface area (Å²) in [5, 5.41) is 0. The molecular weight excluding hydrogens is 322 g/mol. The van der Waals surface area contributed by atoms with Gasteiger partial charge in [-0.15, -0.1) is 4.40 Å². The van der Waals surface area contributed by atoms with Crippen LogP contribution in [0.1, 0.15) is 67.6 Å². The van der Waals surface area contributed by atoms with Crippen molar-refractivity contribution in [3.05, 3.63) is 28.8 Å². The van der Waals surface area contributed by atoms with Gasteiger partial charge in [-0.05, 0) is 79.0 Å². The molecule has 24 heavy (non-hydrogen) atoms. The first kappa shape index (κ1) is 14.9. The maximum atomic E-state index is 11.5. The average molecular weight is 345 g/mol. The van der Waals surface area contributed by atoms with E-state index in [0.29, 0.717) is 11.7 Å². The number of aryl methyl sites for hydroxylation is 1. The highest BCUT2D eigenvalue weighted by Gasteiger charge is 2.43. The van der Waals surface area contributed by atoms with E-state index in [9.17, 15) is 8.42 Å². The molecule has 1 heterocycles. The highest BCUT2D eigenvalue weighted by atomic mass is 32.2. The fraction of sp³-hybridized carbons (Fsp3) is 0.632. The van der Waals surface area contributed by atoms with Crippen LogP contribution in [0.5, 0.6) is 5.75 Å². The molecule has 1 aliphatic heterocycles. The molecule has 2 fully saturated rings.